The van der Waals surface area contributed by atoms with E-state index in [1.165, 1.54) is 0 Å². The molecule has 1 N–H and O–H groups in total. The number of halogens is 1. The number of carbonyl (C=O) groups excluding carboxylic acids is 2. The maximum atomic E-state index is 11.6. The van der Waals surface area contributed by atoms with Crippen molar-refractivity contribution in [2.45, 2.75) is 19.8 Å². The van der Waals surface area contributed by atoms with Crippen LogP contribution >= 0.6 is 22.6 Å². The highest BCUT2D eigenvalue weighted by molar-refractivity contribution is 14.1. The van der Waals surface area contributed by atoms with Gasteiger partial charge in [0.1, 0.15) is 0 Å². The molecule has 92 valence electrons. The number of ether oxygens (including phenoxy) is 1. The average molecular weight is 347 g/mol. The van der Waals surface area contributed by atoms with E-state index in [1.54, 1.807) is 6.92 Å². The van der Waals surface area contributed by atoms with E-state index in [-0.39, 0.29) is 24.7 Å². The Bertz CT molecular complexity index is 406. The monoisotopic (exact) mass is 347 g/mol. The number of benzene rings is 1. The highest BCUT2D eigenvalue weighted by atomic mass is 127. The van der Waals surface area contributed by atoms with Crippen LogP contribution in [-0.2, 0) is 14.3 Å². The minimum atomic E-state index is -0.342. The van der Waals surface area contributed by atoms with Crippen molar-refractivity contribution in [1.82, 2.24) is 0 Å². The number of hydrogen-bond donors (Lipinski definition) is 1. The second kappa shape index (κ2) is 7.26. The number of anilines is 1. The Kier molecular flexibility index (Phi) is 5.96. The molecule has 1 amide bonds. The van der Waals surface area contributed by atoms with E-state index < -0.39 is 0 Å². The molecule has 4 nitrogen and oxygen atoms in total. The van der Waals surface area contributed by atoms with Gasteiger partial charge in [-0.1, -0.05) is 12.1 Å². The molecule has 5 heteroatoms. The lowest BCUT2D eigenvalue weighted by Crippen LogP contribution is -2.15. The summed E-state index contributed by atoms with van der Waals surface area (Å²) in [5, 5.41) is 2.75. The Balaban J connectivity index is 2.40. The second-order valence-corrected chi connectivity index (χ2v) is 4.50. The molecular formula is C12H14INO3. The Hall–Kier alpha value is -1.11. The zero-order valence-corrected chi connectivity index (χ0v) is 11.7. The lowest BCUT2D eigenvalue weighted by atomic mass is 10.2. The number of carbonyl (C=O) groups is 2. The van der Waals surface area contributed by atoms with E-state index in [0.717, 1.165) is 9.26 Å². The first-order valence-electron chi connectivity index (χ1n) is 5.33. The van der Waals surface area contributed by atoms with Crippen LogP contribution in [0.3, 0.4) is 0 Å². The lowest BCUT2D eigenvalue weighted by Gasteiger charge is -2.06. The van der Waals surface area contributed by atoms with Crippen molar-refractivity contribution in [1.29, 1.82) is 0 Å². The standard InChI is InChI=1S/C12H14INO3/c1-2-17-12(16)8-7-11(15)14-10-6-4-3-5-9(10)13/h3-6H,2,7-8H2,1H3,(H,14,15). The summed E-state index contributed by atoms with van der Waals surface area (Å²) in [5.41, 5.74) is 0.766. The van der Waals surface area contributed by atoms with E-state index >= 15 is 0 Å². The van der Waals surface area contributed by atoms with Crippen molar-refractivity contribution in [2.24, 2.45) is 0 Å². The first-order chi connectivity index (χ1) is 8.13. The van der Waals surface area contributed by atoms with Crippen molar-refractivity contribution < 1.29 is 14.3 Å². The molecule has 1 aromatic rings. The van der Waals surface area contributed by atoms with Crippen LogP contribution in [0.25, 0.3) is 0 Å². The van der Waals surface area contributed by atoms with Crippen LogP contribution in [0.15, 0.2) is 24.3 Å². The number of rotatable bonds is 5. The number of nitrogens with one attached hydrogen (secondary N) is 1. The van der Waals surface area contributed by atoms with Crippen molar-refractivity contribution >= 4 is 40.2 Å². The van der Waals surface area contributed by atoms with Crippen LogP contribution in [0, 0.1) is 3.57 Å². The van der Waals surface area contributed by atoms with Gasteiger partial charge in [-0.3, -0.25) is 9.59 Å². The Labute approximate surface area is 114 Å². The van der Waals surface area contributed by atoms with E-state index in [9.17, 15) is 9.59 Å². The van der Waals surface area contributed by atoms with Crippen LogP contribution in [0.4, 0.5) is 5.69 Å². The molecule has 1 aromatic carbocycles. The summed E-state index contributed by atoms with van der Waals surface area (Å²) in [7, 11) is 0. The molecular weight excluding hydrogens is 333 g/mol. The quantitative estimate of drug-likeness (QED) is 0.658. The fraction of sp³-hybridized carbons (Fsp3) is 0.333. The van der Waals surface area contributed by atoms with Crippen molar-refractivity contribution in [2.75, 3.05) is 11.9 Å². The van der Waals surface area contributed by atoms with E-state index in [0.29, 0.717) is 6.61 Å². The fourth-order valence-corrected chi connectivity index (χ4v) is 1.75. The summed E-state index contributed by atoms with van der Waals surface area (Å²) in [6.07, 6.45) is 0.257. The van der Waals surface area contributed by atoms with Gasteiger partial charge in [-0.25, -0.2) is 0 Å². The van der Waals surface area contributed by atoms with Gasteiger partial charge in [-0.05, 0) is 41.6 Å². The van der Waals surface area contributed by atoms with Gasteiger partial charge in [0.15, 0.2) is 0 Å². The predicted octanol–water partition coefficient (Wildman–Crippen LogP) is 2.57. The molecule has 0 aliphatic rings. The molecule has 0 heterocycles. The van der Waals surface area contributed by atoms with E-state index in [1.807, 2.05) is 24.3 Å². The molecule has 0 aliphatic carbocycles. The summed E-state index contributed by atoms with van der Waals surface area (Å²) >= 11 is 2.14. The smallest absolute Gasteiger partial charge is 0.306 e. The van der Waals surface area contributed by atoms with Crippen LogP contribution in [0.1, 0.15) is 19.8 Å². The summed E-state index contributed by atoms with van der Waals surface area (Å²) in [6, 6.07) is 7.48. The molecule has 17 heavy (non-hydrogen) atoms. The maximum absolute atomic E-state index is 11.6. The molecule has 0 saturated carbocycles. The van der Waals surface area contributed by atoms with Gasteiger partial charge < -0.3 is 10.1 Å². The topological polar surface area (TPSA) is 55.4 Å². The third-order valence-corrected chi connectivity index (χ3v) is 2.95. The molecule has 1 rings (SSSR count). The minimum absolute atomic E-state index is 0.114. The summed E-state index contributed by atoms with van der Waals surface area (Å²) in [4.78, 5) is 22.6. The number of hydrogen-bond acceptors (Lipinski definition) is 3. The molecule has 0 aliphatic heterocycles. The molecule has 0 spiro atoms. The molecule has 0 atom stereocenters. The molecule has 0 aromatic heterocycles. The van der Waals surface area contributed by atoms with E-state index in [2.05, 4.69) is 27.9 Å². The third kappa shape index (κ3) is 5.16. The minimum Gasteiger partial charge on any atom is -0.466 e. The number of esters is 1. The first kappa shape index (κ1) is 14.0. The van der Waals surface area contributed by atoms with E-state index in [4.69, 9.17) is 4.74 Å². The molecule has 0 radical (unpaired) electrons. The van der Waals surface area contributed by atoms with Gasteiger partial charge in [-0.15, -0.1) is 0 Å². The van der Waals surface area contributed by atoms with Crippen molar-refractivity contribution in [3.8, 4) is 0 Å². The van der Waals surface area contributed by atoms with Gasteiger partial charge in [0.25, 0.3) is 0 Å². The van der Waals surface area contributed by atoms with Crippen molar-refractivity contribution in [3.05, 3.63) is 27.8 Å². The summed E-state index contributed by atoms with van der Waals surface area (Å²) in [5.74, 6) is -0.521. The maximum Gasteiger partial charge on any atom is 0.306 e. The number of amides is 1. The average Bonchev–Trinajstić information content (AvgIpc) is 2.30. The van der Waals surface area contributed by atoms with Gasteiger partial charge in [0.2, 0.25) is 5.91 Å². The largest absolute Gasteiger partial charge is 0.466 e. The van der Waals surface area contributed by atoms with Crippen LogP contribution < -0.4 is 5.32 Å². The SMILES string of the molecule is CCOC(=O)CCC(=O)Nc1ccccc1I. The highest BCUT2D eigenvalue weighted by Crippen LogP contribution is 2.17. The second-order valence-electron chi connectivity index (χ2n) is 3.33. The molecule has 0 saturated heterocycles. The van der Waals surface area contributed by atoms with Gasteiger partial charge in [-0.2, -0.15) is 0 Å². The third-order valence-electron chi connectivity index (χ3n) is 2.01. The Morgan fingerprint density at radius 3 is 2.65 bits per heavy atom. The Morgan fingerprint density at radius 1 is 1.29 bits per heavy atom. The normalized spacial score (nSPS) is 9.76. The van der Waals surface area contributed by atoms with Crippen LogP contribution in [0.2, 0.25) is 0 Å². The van der Waals surface area contributed by atoms with Gasteiger partial charge in [0.05, 0.1) is 18.7 Å². The predicted molar refractivity (Wildman–Crippen MR) is 73.7 cm³/mol. The van der Waals surface area contributed by atoms with Crippen LogP contribution in [0.5, 0.6) is 0 Å². The number of para-hydroxylation sites is 1. The summed E-state index contributed by atoms with van der Waals surface area (Å²) < 4.78 is 5.71. The zero-order chi connectivity index (χ0) is 12.7. The zero-order valence-electron chi connectivity index (χ0n) is 9.53. The van der Waals surface area contributed by atoms with Gasteiger partial charge >= 0.3 is 5.97 Å². The molecule has 0 fully saturated rings. The first-order valence-corrected chi connectivity index (χ1v) is 6.41. The van der Waals surface area contributed by atoms with Gasteiger partial charge in [0, 0.05) is 9.99 Å². The lowest BCUT2D eigenvalue weighted by molar-refractivity contribution is -0.144. The van der Waals surface area contributed by atoms with Crippen LogP contribution in [-0.4, -0.2) is 18.5 Å². The Morgan fingerprint density at radius 2 is 2.00 bits per heavy atom. The fourth-order valence-electron chi connectivity index (χ4n) is 1.22. The highest BCUT2D eigenvalue weighted by Gasteiger charge is 2.08. The molecule has 0 bridgehead atoms. The molecule has 0 unspecified atom stereocenters. The van der Waals surface area contributed by atoms with Crippen molar-refractivity contribution in [3.63, 3.8) is 0 Å². The summed E-state index contributed by atoms with van der Waals surface area (Å²) in [6.45, 7) is 2.08.